The van der Waals surface area contributed by atoms with E-state index in [4.69, 9.17) is 0 Å². The molecule has 5 heteroatoms. The topological polar surface area (TPSA) is 65.7 Å². The van der Waals surface area contributed by atoms with Gasteiger partial charge >= 0.3 is 11.1 Å². The summed E-state index contributed by atoms with van der Waals surface area (Å²) in [6.07, 6.45) is 0.859. The van der Waals surface area contributed by atoms with Crippen LogP contribution in [0.3, 0.4) is 0 Å². The van der Waals surface area contributed by atoms with Gasteiger partial charge in [0.1, 0.15) is 0 Å². The number of aromatic amines is 2. The lowest BCUT2D eigenvalue weighted by Gasteiger charge is -2.03. The van der Waals surface area contributed by atoms with Crippen LogP contribution in [0.4, 0.5) is 0 Å². The Hall–Kier alpha value is -1.36. The molecule has 4 nitrogen and oxygen atoms in total. The molecule has 2 aromatic rings. The Bertz CT molecular complexity index is 627. The van der Waals surface area contributed by atoms with Gasteiger partial charge in [-0.3, -0.25) is 9.59 Å². The maximum absolute atomic E-state index is 11.1. The smallest absolute Gasteiger partial charge is 0.314 e. The van der Waals surface area contributed by atoms with Crippen molar-refractivity contribution in [3.8, 4) is 0 Å². The molecule has 2 N–H and O–H groups in total. The molecular weight excluding hydrogens is 260 g/mol. The van der Waals surface area contributed by atoms with E-state index in [-0.39, 0.29) is 0 Å². The normalized spacial score (nSPS) is 10.8. The van der Waals surface area contributed by atoms with Crippen LogP contribution < -0.4 is 11.1 Å². The number of H-pyrrole nitrogens is 2. The van der Waals surface area contributed by atoms with E-state index in [0.29, 0.717) is 11.0 Å². The van der Waals surface area contributed by atoms with Crippen LogP contribution in [0.1, 0.15) is 12.5 Å². The molecule has 0 aliphatic heterocycles. The minimum absolute atomic E-state index is 0.619. The molecule has 0 saturated carbocycles. The van der Waals surface area contributed by atoms with E-state index in [2.05, 4.69) is 25.9 Å². The zero-order valence-electron chi connectivity index (χ0n) is 8.06. The summed E-state index contributed by atoms with van der Waals surface area (Å²) in [4.78, 5) is 27.3. The summed E-state index contributed by atoms with van der Waals surface area (Å²) in [5, 5.41) is 0. The number of nitrogens with one attached hydrogen (secondary N) is 2. The molecular formula is C10H9BrN2O2. The highest BCUT2D eigenvalue weighted by atomic mass is 79.9. The number of hydrogen-bond donors (Lipinski definition) is 2. The Kier molecular flexibility index (Phi) is 2.48. The van der Waals surface area contributed by atoms with Crippen LogP contribution >= 0.6 is 15.9 Å². The maximum Gasteiger partial charge on any atom is 0.314 e. The lowest BCUT2D eigenvalue weighted by atomic mass is 10.1. The number of aromatic nitrogens is 2. The molecule has 0 saturated heterocycles. The summed E-state index contributed by atoms with van der Waals surface area (Å²) < 4.78 is 0.931. The first-order valence-electron chi connectivity index (χ1n) is 4.56. The largest absolute Gasteiger partial charge is 0.316 e. The second-order valence-corrected chi connectivity index (χ2v) is 4.11. The number of halogens is 1. The fourth-order valence-electron chi connectivity index (χ4n) is 1.45. The third kappa shape index (κ3) is 1.74. The van der Waals surface area contributed by atoms with Gasteiger partial charge in [0.15, 0.2) is 0 Å². The van der Waals surface area contributed by atoms with Crippen molar-refractivity contribution in [1.29, 1.82) is 0 Å². The van der Waals surface area contributed by atoms with Crippen molar-refractivity contribution < 1.29 is 0 Å². The molecule has 0 fully saturated rings. The monoisotopic (exact) mass is 268 g/mol. The van der Waals surface area contributed by atoms with E-state index < -0.39 is 11.1 Å². The lowest BCUT2D eigenvalue weighted by molar-refractivity contribution is 1.10. The summed E-state index contributed by atoms with van der Waals surface area (Å²) in [7, 11) is 0. The summed E-state index contributed by atoms with van der Waals surface area (Å²) in [6, 6.07) is 3.66. The molecule has 0 spiro atoms. The van der Waals surface area contributed by atoms with Gasteiger partial charge in [0.2, 0.25) is 0 Å². The van der Waals surface area contributed by atoms with Crippen LogP contribution in [0.15, 0.2) is 26.2 Å². The molecule has 15 heavy (non-hydrogen) atoms. The SMILES string of the molecule is CCc1cc2[nH]c(=O)c(=O)[nH]c2cc1Br. The minimum Gasteiger partial charge on any atom is -0.316 e. The molecule has 0 bridgehead atoms. The zero-order chi connectivity index (χ0) is 11.0. The first kappa shape index (κ1) is 10.2. The van der Waals surface area contributed by atoms with Crippen molar-refractivity contribution in [2.75, 3.05) is 0 Å². The van der Waals surface area contributed by atoms with E-state index in [1.807, 2.05) is 13.0 Å². The molecule has 0 aliphatic rings. The summed E-state index contributed by atoms with van der Waals surface area (Å²) >= 11 is 3.41. The van der Waals surface area contributed by atoms with Crippen molar-refractivity contribution in [3.05, 3.63) is 42.9 Å². The van der Waals surface area contributed by atoms with Crippen LogP contribution in [-0.4, -0.2) is 9.97 Å². The van der Waals surface area contributed by atoms with E-state index in [1.54, 1.807) is 6.07 Å². The molecule has 0 amide bonds. The molecule has 1 aromatic heterocycles. The van der Waals surface area contributed by atoms with Gasteiger partial charge in [-0.2, -0.15) is 0 Å². The predicted octanol–water partition coefficient (Wildman–Crippen LogP) is 1.54. The zero-order valence-corrected chi connectivity index (χ0v) is 9.64. The van der Waals surface area contributed by atoms with Gasteiger partial charge < -0.3 is 9.97 Å². The third-order valence-corrected chi connectivity index (χ3v) is 3.01. The van der Waals surface area contributed by atoms with Crippen LogP contribution in [0.5, 0.6) is 0 Å². The van der Waals surface area contributed by atoms with Crippen molar-refractivity contribution in [1.82, 2.24) is 9.97 Å². The molecule has 0 radical (unpaired) electrons. The molecule has 0 unspecified atom stereocenters. The van der Waals surface area contributed by atoms with E-state index in [1.165, 1.54) is 0 Å². The third-order valence-electron chi connectivity index (χ3n) is 2.27. The lowest BCUT2D eigenvalue weighted by Crippen LogP contribution is -2.28. The number of rotatable bonds is 1. The second kappa shape index (κ2) is 3.66. The van der Waals surface area contributed by atoms with E-state index >= 15 is 0 Å². The highest BCUT2D eigenvalue weighted by Crippen LogP contribution is 2.21. The van der Waals surface area contributed by atoms with Crippen molar-refractivity contribution in [2.24, 2.45) is 0 Å². The summed E-state index contributed by atoms with van der Waals surface area (Å²) in [5.74, 6) is 0. The fraction of sp³-hybridized carbons (Fsp3) is 0.200. The highest BCUT2D eigenvalue weighted by molar-refractivity contribution is 9.10. The molecule has 2 rings (SSSR count). The first-order valence-corrected chi connectivity index (χ1v) is 5.36. The van der Waals surface area contributed by atoms with Crippen molar-refractivity contribution in [2.45, 2.75) is 13.3 Å². The molecule has 78 valence electrons. The van der Waals surface area contributed by atoms with E-state index in [0.717, 1.165) is 16.5 Å². The number of fused-ring (bicyclic) bond motifs is 1. The van der Waals surface area contributed by atoms with Gasteiger partial charge in [0.05, 0.1) is 11.0 Å². The van der Waals surface area contributed by atoms with Gasteiger partial charge in [-0.1, -0.05) is 22.9 Å². The molecule has 0 atom stereocenters. The Balaban J connectivity index is 2.88. The average molecular weight is 269 g/mol. The first-order chi connectivity index (χ1) is 7.11. The van der Waals surface area contributed by atoms with Gasteiger partial charge in [-0.15, -0.1) is 0 Å². The fourth-order valence-corrected chi connectivity index (χ4v) is 2.08. The van der Waals surface area contributed by atoms with Crippen LogP contribution in [0.25, 0.3) is 11.0 Å². The predicted molar refractivity (Wildman–Crippen MR) is 62.3 cm³/mol. The van der Waals surface area contributed by atoms with Crippen LogP contribution in [0.2, 0.25) is 0 Å². The quantitative estimate of drug-likeness (QED) is 0.771. The van der Waals surface area contributed by atoms with Gasteiger partial charge in [-0.25, -0.2) is 0 Å². The van der Waals surface area contributed by atoms with Gasteiger partial charge in [0.25, 0.3) is 0 Å². The molecule has 1 heterocycles. The van der Waals surface area contributed by atoms with Gasteiger partial charge in [0, 0.05) is 4.47 Å². The molecule has 1 aromatic carbocycles. The van der Waals surface area contributed by atoms with Crippen molar-refractivity contribution in [3.63, 3.8) is 0 Å². The van der Waals surface area contributed by atoms with Crippen LogP contribution in [0, 0.1) is 0 Å². The number of hydrogen-bond acceptors (Lipinski definition) is 2. The van der Waals surface area contributed by atoms with E-state index in [9.17, 15) is 9.59 Å². The number of aryl methyl sites for hydroxylation is 1. The second-order valence-electron chi connectivity index (χ2n) is 3.25. The summed E-state index contributed by atoms with van der Waals surface area (Å²) in [5.41, 5.74) is 1.12. The number of benzene rings is 1. The standard InChI is InChI=1S/C10H9BrN2O2/c1-2-5-3-7-8(4-6(5)11)13-10(15)9(14)12-7/h3-4H,2H2,1H3,(H,12,14)(H,13,15). The average Bonchev–Trinajstić information content (AvgIpc) is 2.20. The van der Waals surface area contributed by atoms with Crippen LogP contribution in [-0.2, 0) is 6.42 Å². The summed E-state index contributed by atoms with van der Waals surface area (Å²) in [6.45, 7) is 2.02. The van der Waals surface area contributed by atoms with Gasteiger partial charge in [-0.05, 0) is 24.1 Å². The minimum atomic E-state index is -0.626. The Morgan fingerprint density at radius 2 is 1.67 bits per heavy atom. The van der Waals surface area contributed by atoms with Crippen molar-refractivity contribution >= 4 is 27.0 Å². The Morgan fingerprint density at radius 3 is 2.20 bits per heavy atom. The maximum atomic E-state index is 11.1. The molecule has 0 aliphatic carbocycles. The Morgan fingerprint density at radius 1 is 1.13 bits per heavy atom. The highest BCUT2D eigenvalue weighted by Gasteiger charge is 2.03. The Labute approximate surface area is 93.5 Å².